The van der Waals surface area contributed by atoms with Gasteiger partial charge in [0, 0.05) is 4.90 Å². The maximum Gasteiger partial charge on any atom is 0.299 e. The molecule has 0 aliphatic carbocycles. The standard InChI is InChI=1S/C8H4ClFO2S/c9-7(11)8(12)13-6-3-1-2-5(10)4-6/h1-4H. The molecular weight excluding hydrogens is 215 g/mol. The summed E-state index contributed by atoms with van der Waals surface area (Å²) in [6, 6.07) is 5.37. The lowest BCUT2D eigenvalue weighted by Crippen LogP contribution is -2.00. The van der Waals surface area contributed by atoms with Crippen LogP contribution in [0.15, 0.2) is 29.2 Å². The van der Waals surface area contributed by atoms with Gasteiger partial charge >= 0.3 is 0 Å². The Morgan fingerprint density at radius 1 is 1.38 bits per heavy atom. The third kappa shape index (κ3) is 3.16. The van der Waals surface area contributed by atoms with Crippen molar-refractivity contribution in [2.24, 2.45) is 0 Å². The van der Waals surface area contributed by atoms with E-state index in [1.165, 1.54) is 18.2 Å². The summed E-state index contributed by atoms with van der Waals surface area (Å²) in [6.07, 6.45) is 0. The molecule has 0 N–H and O–H groups in total. The first kappa shape index (κ1) is 10.2. The predicted molar refractivity (Wildman–Crippen MR) is 48.1 cm³/mol. The Balaban J connectivity index is 2.75. The van der Waals surface area contributed by atoms with Gasteiger partial charge in [-0.1, -0.05) is 6.07 Å². The maximum atomic E-state index is 12.6. The Labute approximate surface area is 83.1 Å². The lowest BCUT2D eigenvalue weighted by Gasteiger charge is -1.95. The summed E-state index contributed by atoms with van der Waals surface area (Å²) in [6.45, 7) is 0. The van der Waals surface area contributed by atoms with Crippen molar-refractivity contribution in [3.05, 3.63) is 30.1 Å². The molecule has 0 heterocycles. The van der Waals surface area contributed by atoms with Crippen molar-refractivity contribution in [3.8, 4) is 0 Å². The first-order chi connectivity index (χ1) is 6.09. The molecule has 0 fully saturated rings. The highest BCUT2D eigenvalue weighted by atomic mass is 35.5. The third-order valence-corrected chi connectivity index (χ3v) is 2.31. The van der Waals surface area contributed by atoms with Gasteiger partial charge in [-0.25, -0.2) is 4.39 Å². The van der Waals surface area contributed by atoms with Gasteiger partial charge in [0.25, 0.3) is 10.4 Å². The molecule has 1 rings (SSSR count). The van der Waals surface area contributed by atoms with Crippen molar-refractivity contribution in [3.63, 3.8) is 0 Å². The number of hydrogen-bond donors (Lipinski definition) is 0. The number of carbonyl (C=O) groups excluding carboxylic acids is 2. The topological polar surface area (TPSA) is 34.1 Å². The number of carbonyl (C=O) groups is 2. The van der Waals surface area contributed by atoms with Gasteiger partial charge < -0.3 is 0 Å². The van der Waals surface area contributed by atoms with E-state index in [9.17, 15) is 14.0 Å². The quantitative estimate of drug-likeness (QED) is 0.434. The third-order valence-electron chi connectivity index (χ3n) is 1.17. The van der Waals surface area contributed by atoms with Crippen molar-refractivity contribution in [1.82, 2.24) is 0 Å². The van der Waals surface area contributed by atoms with Gasteiger partial charge in [-0.15, -0.1) is 0 Å². The summed E-state index contributed by atoms with van der Waals surface area (Å²) in [5.41, 5.74) is 0. The molecule has 2 nitrogen and oxygen atoms in total. The van der Waals surface area contributed by atoms with E-state index in [1.54, 1.807) is 0 Å². The van der Waals surface area contributed by atoms with E-state index in [4.69, 9.17) is 11.6 Å². The molecule has 5 heteroatoms. The predicted octanol–water partition coefficient (Wildman–Crippen LogP) is 2.21. The van der Waals surface area contributed by atoms with E-state index >= 15 is 0 Å². The smallest absolute Gasteiger partial charge is 0.276 e. The summed E-state index contributed by atoms with van der Waals surface area (Å²) in [7, 11) is 0. The minimum Gasteiger partial charge on any atom is -0.276 e. The normalized spacial score (nSPS) is 9.69. The Morgan fingerprint density at radius 3 is 2.62 bits per heavy atom. The molecule has 0 amide bonds. The average Bonchev–Trinajstić information content (AvgIpc) is 2.04. The highest BCUT2D eigenvalue weighted by Gasteiger charge is 2.12. The summed E-state index contributed by atoms with van der Waals surface area (Å²) >= 11 is 5.52. The molecular formula is C8H4ClFO2S. The van der Waals surface area contributed by atoms with E-state index in [1.807, 2.05) is 0 Å². The largest absolute Gasteiger partial charge is 0.299 e. The summed E-state index contributed by atoms with van der Waals surface area (Å²) < 4.78 is 12.6. The molecule has 13 heavy (non-hydrogen) atoms. The van der Waals surface area contributed by atoms with Gasteiger partial charge in [0.15, 0.2) is 0 Å². The molecule has 0 aliphatic heterocycles. The van der Waals surface area contributed by atoms with Crippen LogP contribution in [0.5, 0.6) is 0 Å². The lowest BCUT2D eigenvalue weighted by atomic mass is 10.4. The average molecular weight is 219 g/mol. The van der Waals surface area contributed by atoms with Crippen molar-refractivity contribution in [1.29, 1.82) is 0 Å². The Morgan fingerprint density at radius 2 is 2.08 bits per heavy atom. The SMILES string of the molecule is O=C(Cl)C(=O)Sc1cccc(F)c1. The first-order valence-electron chi connectivity index (χ1n) is 3.27. The first-order valence-corrected chi connectivity index (χ1v) is 4.46. The summed E-state index contributed by atoms with van der Waals surface area (Å²) in [5.74, 6) is -0.458. The zero-order chi connectivity index (χ0) is 9.84. The van der Waals surface area contributed by atoms with E-state index in [-0.39, 0.29) is 0 Å². The van der Waals surface area contributed by atoms with E-state index < -0.39 is 16.2 Å². The van der Waals surface area contributed by atoms with Crippen LogP contribution in [0.3, 0.4) is 0 Å². The maximum absolute atomic E-state index is 12.6. The highest BCUT2D eigenvalue weighted by Crippen LogP contribution is 2.20. The van der Waals surface area contributed by atoms with Crippen LogP contribution in [0, 0.1) is 5.82 Å². The molecule has 68 valence electrons. The van der Waals surface area contributed by atoms with E-state index in [0.29, 0.717) is 16.7 Å². The van der Waals surface area contributed by atoms with Crippen LogP contribution in [0.1, 0.15) is 0 Å². The van der Waals surface area contributed by atoms with Crippen LogP contribution in [-0.2, 0) is 9.59 Å². The number of thioether (sulfide) groups is 1. The number of hydrogen-bond acceptors (Lipinski definition) is 3. The fraction of sp³-hybridized carbons (Fsp3) is 0. The minimum absolute atomic E-state index is 0.360. The van der Waals surface area contributed by atoms with Crippen LogP contribution in [0.2, 0.25) is 0 Å². The monoisotopic (exact) mass is 218 g/mol. The van der Waals surface area contributed by atoms with Gasteiger partial charge in [-0.2, -0.15) is 0 Å². The van der Waals surface area contributed by atoms with Crippen LogP contribution < -0.4 is 0 Å². The second-order valence-corrected chi connectivity index (χ2v) is 3.51. The molecule has 0 spiro atoms. The fourth-order valence-electron chi connectivity index (χ4n) is 0.678. The van der Waals surface area contributed by atoms with Gasteiger partial charge in [0.05, 0.1) is 0 Å². The van der Waals surface area contributed by atoms with Crippen LogP contribution in [0.25, 0.3) is 0 Å². The molecule has 0 unspecified atom stereocenters. The molecule has 0 aromatic heterocycles. The molecule has 0 aliphatic rings. The van der Waals surface area contributed by atoms with Crippen molar-refractivity contribution < 1.29 is 14.0 Å². The molecule has 1 aromatic carbocycles. The van der Waals surface area contributed by atoms with E-state index in [2.05, 4.69) is 0 Å². The Hall–Kier alpha value is -0.870. The Bertz CT molecular complexity index is 354. The van der Waals surface area contributed by atoms with E-state index in [0.717, 1.165) is 6.07 Å². The zero-order valence-corrected chi connectivity index (χ0v) is 7.86. The Kier molecular flexibility index (Phi) is 3.45. The van der Waals surface area contributed by atoms with Gasteiger partial charge in [-0.3, -0.25) is 9.59 Å². The number of benzene rings is 1. The molecule has 1 aromatic rings. The summed E-state index contributed by atoms with van der Waals surface area (Å²) in [5, 5.41) is -1.87. The van der Waals surface area contributed by atoms with Gasteiger partial charge in [-0.05, 0) is 41.6 Å². The fourth-order valence-corrected chi connectivity index (χ4v) is 1.41. The van der Waals surface area contributed by atoms with Gasteiger partial charge in [0.2, 0.25) is 0 Å². The number of rotatable bonds is 2. The van der Waals surface area contributed by atoms with Gasteiger partial charge in [0.1, 0.15) is 5.82 Å². The molecule has 0 radical (unpaired) electrons. The van der Waals surface area contributed by atoms with Crippen molar-refractivity contribution in [2.45, 2.75) is 4.90 Å². The van der Waals surface area contributed by atoms with Crippen LogP contribution in [-0.4, -0.2) is 10.4 Å². The van der Waals surface area contributed by atoms with Crippen molar-refractivity contribution in [2.75, 3.05) is 0 Å². The summed E-state index contributed by atoms with van der Waals surface area (Å²) in [4.78, 5) is 21.5. The highest BCUT2D eigenvalue weighted by molar-refractivity contribution is 8.15. The molecule has 0 saturated carbocycles. The van der Waals surface area contributed by atoms with Crippen LogP contribution in [0.4, 0.5) is 4.39 Å². The second kappa shape index (κ2) is 4.39. The zero-order valence-electron chi connectivity index (χ0n) is 6.29. The minimum atomic E-state index is -1.06. The van der Waals surface area contributed by atoms with Crippen molar-refractivity contribution >= 4 is 33.7 Å². The lowest BCUT2D eigenvalue weighted by molar-refractivity contribution is -0.126. The molecule has 0 atom stereocenters. The molecule has 0 bridgehead atoms. The molecule has 0 saturated heterocycles. The van der Waals surface area contributed by atoms with Crippen LogP contribution >= 0.6 is 23.4 Å². The second-order valence-electron chi connectivity index (χ2n) is 2.12. The number of halogens is 2.